The quantitative estimate of drug-likeness (QED) is 0.617. The van der Waals surface area contributed by atoms with Gasteiger partial charge in [-0.1, -0.05) is 36.4 Å². The van der Waals surface area contributed by atoms with Crippen LogP contribution in [0.15, 0.2) is 53.6 Å². The van der Waals surface area contributed by atoms with Gasteiger partial charge in [-0.3, -0.25) is 4.79 Å². The Morgan fingerprint density at radius 3 is 2.45 bits per heavy atom. The van der Waals surface area contributed by atoms with Gasteiger partial charge in [0.2, 0.25) is 5.91 Å². The summed E-state index contributed by atoms with van der Waals surface area (Å²) in [7, 11) is 1.51. The number of likely N-dealkylation sites (N-methyl/N-ethyl adjacent to an activating group) is 1. The molecule has 0 heterocycles. The van der Waals surface area contributed by atoms with Crippen LogP contribution in [0.5, 0.6) is 0 Å². The zero-order chi connectivity index (χ0) is 15.0. The number of allylic oxidation sites excluding steroid dienone is 1. The summed E-state index contributed by atoms with van der Waals surface area (Å²) in [5, 5.41) is 11.6. The van der Waals surface area contributed by atoms with E-state index >= 15 is 0 Å². The van der Waals surface area contributed by atoms with Crippen LogP contribution in [0.4, 0.5) is 0 Å². The Morgan fingerprint density at radius 1 is 1.25 bits per heavy atom. The van der Waals surface area contributed by atoms with Crippen molar-refractivity contribution >= 4 is 11.9 Å². The monoisotopic (exact) mass is 273 g/mol. The highest BCUT2D eigenvalue weighted by atomic mass is 16.4. The van der Waals surface area contributed by atoms with Gasteiger partial charge < -0.3 is 10.4 Å². The fourth-order valence-corrected chi connectivity index (χ4v) is 1.74. The van der Waals surface area contributed by atoms with E-state index in [2.05, 4.69) is 5.32 Å². The lowest BCUT2D eigenvalue weighted by atomic mass is 10.1. The largest absolute Gasteiger partial charge is 0.478 e. The third kappa shape index (κ3) is 5.10. The second-order valence-electron chi connectivity index (χ2n) is 4.40. The first-order valence-electron chi connectivity index (χ1n) is 6.42. The van der Waals surface area contributed by atoms with Crippen LogP contribution in [0, 0.1) is 0 Å². The molecule has 4 nitrogen and oxygen atoms in total. The molecule has 0 fully saturated rings. The summed E-state index contributed by atoms with van der Waals surface area (Å²) in [6.45, 7) is 1.59. The molecule has 0 aliphatic carbocycles. The van der Waals surface area contributed by atoms with E-state index in [4.69, 9.17) is 5.11 Å². The van der Waals surface area contributed by atoms with Crippen molar-refractivity contribution in [2.75, 3.05) is 7.05 Å². The molecule has 0 aliphatic rings. The standard InChI is InChI=1S/C16H19NO3/c1-12(15(18)17-2)11-14(16(19)20)10-6-9-13-7-4-3-5-8-13/h3-5,7-8,10-11H,6,9H2,1-2H3,(H,17,18)(H,19,20)/b12-11+,14-10+. The maximum Gasteiger partial charge on any atom is 0.335 e. The second kappa shape index (κ2) is 7.94. The number of carbonyl (C=O) groups is 2. The minimum absolute atomic E-state index is 0.141. The number of hydrogen-bond donors (Lipinski definition) is 2. The summed E-state index contributed by atoms with van der Waals surface area (Å²) in [6, 6.07) is 9.84. The van der Waals surface area contributed by atoms with E-state index in [1.807, 2.05) is 30.3 Å². The lowest BCUT2D eigenvalue weighted by molar-refractivity contribution is -0.132. The van der Waals surface area contributed by atoms with Crippen molar-refractivity contribution in [1.82, 2.24) is 5.32 Å². The number of aliphatic carboxylic acids is 1. The Morgan fingerprint density at radius 2 is 1.90 bits per heavy atom. The number of benzene rings is 1. The molecule has 1 rings (SSSR count). The lowest BCUT2D eigenvalue weighted by Crippen LogP contribution is -2.19. The fraction of sp³-hybridized carbons (Fsp3) is 0.250. The van der Waals surface area contributed by atoms with Crippen molar-refractivity contribution in [3.63, 3.8) is 0 Å². The second-order valence-corrected chi connectivity index (χ2v) is 4.40. The number of rotatable bonds is 6. The predicted molar refractivity (Wildman–Crippen MR) is 78.3 cm³/mol. The molecule has 2 N–H and O–H groups in total. The Hall–Kier alpha value is -2.36. The zero-order valence-corrected chi connectivity index (χ0v) is 11.7. The molecule has 0 atom stereocenters. The Balaban J connectivity index is 2.74. The summed E-state index contributed by atoms with van der Waals surface area (Å²) in [5.41, 5.74) is 1.67. The van der Waals surface area contributed by atoms with Crippen LogP contribution in [0.2, 0.25) is 0 Å². The number of aryl methyl sites for hydroxylation is 1. The Kier molecular flexibility index (Phi) is 6.23. The molecule has 0 spiro atoms. The molecule has 0 unspecified atom stereocenters. The topological polar surface area (TPSA) is 66.4 Å². The first-order valence-corrected chi connectivity index (χ1v) is 6.42. The third-order valence-electron chi connectivity index (χ3n) is 2.84. The van der Waals surface area contributed by atoms with Gasteiger partial charge in [-0.2, -0.15) is 0 Å². The van der Waals surface area contributed by atoms with E-state index in [1.165, 1.54) is 13.1 Å². The molecule has 0 aliphatic heterocycles. The molecule has 4 heteroatoms. The summed E-state index contributed by atoms with van der Waals surface area (Å²) < 4.78 is 0. The van der Waals surface area contributed by atoms with Gasteiger partial charge in [0.1, 0.15) is 0 Å². The summed E-state index contributed by atoms with van der Waals surface area (Å²) in [4.78, 5) is 22.5. The van der Waals surface area contributed by atoms with Gasteiger partial charge in [0, 0.05) is 12.6 Å². The van der Waals surface area contributed by atoms with Crippen LogP contribution in [-0.2, 0) is 16.0 Å². The maximum atomic E-state index is 11.4. The Labute approximate surface area is 118 Å². The maximum absolute atomic E-state index is 11.4. The van der Waals surface area contributed by atoms with Crippen LogP contribution in [0.1, 0.15) is 18.9 Å². The molecular weight excluding hydrogens is 254 g/mol. The van der Waals surface area contributed by atoms with E-state index in [0.29, 0.717) is 12.0 Å². The van der Waals surface area contributed by atoms with Gasteiger partial charge in [-0.05, 0) is 31.4 Å². The van der Waals surface area contributed by atoms with E-state index in [0.717, 1.165) is 12.0 Å². The summed E-state index contributed by atoms with van der Waals surface area (Å²) in [5.74, 6) is -1.30. The number of carboxylic acid groups (broad SMARTS) is 1. The van der Waals surface area contributed by atoms with Crippen LogP contribution >= 0.6 is 0 Å². The molecule has 1 amide bonds. The number of amides is 1. The highest BCUT2D eigenvalue weighted by Gasteiger charge is 2.07. The molecule has 1 aromatic rings. The highest BCUT2D eigenvalue weighted by Crippen LogP contribution is 2.08. The van der Waals surface area contributed by atoms with Crippen molar-refractivity contribution in [2.45, 2.75) is 19.8 Å². The van der Waals surface area contributed by atoms with E-state index in [9.17, 15) is 9.59 Å². The molecule has 20 heavy (non-hydrogen) atoms. The fourth-order valence-electron chi connectivity index (χ4n) is 1.74. The lowest BCUT2D eigenvalue weighted by Gasteiger charge is -2.01. The van der Waals surface area contributed by atoms with Gasteiger partial charge in [0.25, 0.3) is 0 Å². The average molecular weight is 273 g/mol. The molecule has 0 bridgehead atoms. The van der Waals surface area contributed by atoms with Gasteiger partial charge in [0.15, 0.2) is 0 Å². The smallest absolute Gasteiger partial charge is 0.335 e. The van der Waals surface area contributed by atoms with Crippen LogP contribution in [0.25, 0.3) is 0 Å². The minimum atomic E-state index is -1.03. The molecule has 0 aromatic heterocycles. The SMILES string of the molecule is CNC(=O)/C(C)=C/C(=C\CCc1ccccc1)C(=O)O. The molecule has 0 radical (unpaired) electrons. The third-order valence-corrected chi connectivity index (χ3v) is 2.84. The first kappa shape index (κ1) is 15.7. The molecule has 1 aromatic carbocycles. The number of hydrogen-bond acceptors (Lipinski definition) is 2. The van der Waals surface area contributed by atoms with Crippen molar-refractivity contribution in [1.29, 1.82) is 0 Å². The molecule has 106 valence electrons. The molecular formula is C16H19NO3. The van der Waals surface area contributed by atoms with E-state index in [-0.39, 0.29) is 11.5 Å². The first-order chi connectivity index (χ1) is 9.54. The summed E-state index contributed by atoms with van der Waals surface area (Å²) in [6.07, 6.45) is 4.42. The van der Waals surface area contributed by atoms with Crippen molar-refractivity contribution in [3.8, 4) is 0 Å². The zero-order valence-electron chi connectivity index (χ0n) is 11.7. The van der Waals surface area contributed by atoms with Crippen molar-refractivity contribution < 1.29 is 14.7 Å². The van der Waals surface area contributed by atoms with E-state index in [1.54, 1.807) is 13.0 Å². The molecule has 0 saturated heterocycles. The normalized spacial score (nSPS) is 12.1. The average Bonchev–Trinajstić information content (AvgIpc) is 2.46. The Bertz CT molecular complexity index is 530. The van der Waals surface area contributed by atoms with Crippen LogP contribution in [-0.4, -0.2) is 24.0 Å². The van der Waals surface area contributed by atoms with Gasteiger partial charge >= 0.3 is 5.97 Å². The number of nitrogens with one attached hydrogen (secondary N) is 1. The van der Waals surface area contributed by atoms with Gasteiger partial charge in [-0.15, -0.1) is 0 Å². The number of carbonyl (C=O) groups excluding carboxylic acids is 1. The minimum Gasteiger partial charge on any atom is -0.478 e. The predicted octanol–water partition coefficient (Wildman–Crippen LogP) is 2.32. The van der Waals surface area contributed by atoms with Gasteiger partial charge in [-0.25, -0.2) is 4.79 Å². The van der Waals surface area contributed by atoms with Crippen LogP contribution < -0.4 is 5.32 Å². The highest BCUT2D eigenvalue weighted by molar-refractivity contribution is 5.97. The van der Waals surface area contributed by atoms with Crippen molar-refractivity contribution in [3.05, 3.63) is 59.2 Å². The van der Waals surface area contributed by atoms with Crippen LogP contribution in [0.3, 0.4) is 0 Å². The summed E-state index contributed by atoms with van der Waals surface area (Å²) >= 11 is 0. The molecule has 0 saturated carbocycles. The number of carboxylic acids is 1. The van der Waals surface area contributed by atoms with Crippen molar-refractivity contribution in [2.24, 2.45) is 0 Å². The van der Waals surface area contributed by atoms with E-state index < -0.39 is 5.97 Å². The van der Waals surface area contributed by atoms with Gasteiger partial charge in [0.05, 0.1) is 5.57 Å².